The normalized spacial score (nSPS) is 15.2. The Balaban J connectivity index is 1.51. The van der Waals surface area contributed by atoms with E-state index in [0.717, 1.165) is 29.7 Å². The number of amides is 2. The van der Waals surface area contributed by atoms with Crippen molar-refractivity contribution in [3.05, 3.63) is 51.7 Å². The van der Waals surface area contributed by atoms with Crippen LogP contribution in [0, 0.1) is 6.92 Å². The Morgan fingerprint density at radius 2 is 1.83 bits per heavy atom. The number of nitrogens with zero attached hydrogens (tertiary/aromatic N) is 2. The van der Waals surface area contributed by atoms with Crippen molar-refractivity contribution in [1.82, 2.24) is 15.0 Å². The van der Waals surface area contributed by atoms with E-state index in [2.05, 4.69) is 15.8 Å². The molecule has 0 unspecified atom stereocenters. The van der Waals surface area contributed by atoms with Gasteiger partial charge in [-0.15, -0.1) is 11.3 Å². The standard InChI is InChI=1S/C20H24N4O4S2/c1-15-9-12-29-18(15)13-22-23-19(25)14-21-20(26)16-5-7-17(8-6-16)30(27,28)24-10-3-2-4-11-24/h5-9,12-13H,2-4,10-11,14H2,1H3,(H,21,26)(H,23,25)/b22-13-. The van der Waals surface area contributed by atoms with Gasteiger partial charge in [0.1, 0.15) is 0 Å². The molecule has 0 radical (unpaired) electrons. The molecule has 8 nitrogen and oxygen atoms in total. The monoisotopic (exact) mass is 448 g/mol. The van der Waals surface area contributed by atoms with Crippen molar-refractivity contribution >= 4 is 39.4 Å². The molecular formula is C20H24N4O4S2. The highest BCUT2D eigenvalue weighted by molar-refractivity contribution is 7.89. The molecule has 2 heterocycles. The fourth-order valence-corrected chi connectivity index (χ4v) is 5.32. The molecule has 10 heteroatoms. The zero-order valence-corrected chi connectivity index (χ0v) is 18.3. The van der Waals surface area contributed by atoms with Crippen LogP contribution in [0.25, 0.3) is 0 Å². The van der Waals surface area contributed by atoms with Gasteiger partial charge in [0.15, 0.2) is 0 Å². The Morgan fingerprint density at radius 3 is 2.47 bits per heavy atom. The summed E-state index contributed by atoms with van der Waals surface area (Å²) in [6.07, 6.45) is 4.32. The summed E-state index contributed by atoms with van der Waals surface area (Å²) in [5.41, 5.74) is 3.70. The lowest BCUT2D eigenvalue weighted by atomic mass is 10.2. The van der Waals surface area contributed by atoms with Gasteiger partial charge in [0.05, 0.1) is 17.7 Å². The molecule has 0 bridgehead atoms. The van der Waals surface area contributed by atoms with E-state index in [9.17, 15) is 18.0 Å². The first-order chi connectivity index (χ1) is 14.4. The molecule has 0 spiro atoms. The van der Waals surface area contributed by atoms with Crippen molar-refractivity contribution < 1.29 is 18.0 Å². The number of carbonyl (C=O) groups is 2. The largest absolute Gasteiger partial charge is 0.343 e. The zero-order chi connectivity index (χ0) is 21.6. The Kier molecular flexibility index (Phi) is 7.35. The summed E-state index contributed by atoms with van der Waals surface area (Å²) in [5.74, 6) is -0.928. The van der Waals surface area contributed by atoms with Crippen molar-refractivity contribution in [1.29, 1.82) is 0 Å². The van der Waals surface area contributed by atoms with E-state index in [-0.39, 0.29) is 17.0 Å². The van der Waals surface area contributed by atoms with E-state index in [1.165, 1.54) is 39.9 Å². The minimum absolute atomic E-state index is 0.164. The number of hydrazone groups is 1. The Labute approximate surface area is 180 Å². The van der Waals surface area contributed by atoms with Gasteiger partial charge in [-0.05, 0) is 61.0 Å². The first-order valence-corrected chi connectivity index (χ1v) is 11.9. The number of thiophene rings is 1. The lowest BCUT2D eigenvalue weighted by Gasteiger charge is -2.25. The van der Waals surface area contributed by atoms with Crippen LogP contribution in [-0.2, 0) is 14.8 Å². The van der Waals surface area contributed by atoms with Gasteiger partial charge in [0.2, 0.25) is 10.0 Å². The maximum atomic E-state index is 12.6. The summed E-state index contributed by atoms with van der Waals surface area (Å²) in [4.78, 5) is 25.2. The smallest absolute Gasteiger partial charge is 0.259 e. The number of benzene rings is 1. The number of hydrogen-bond acceptors (Lipinski definition) is 6. The van der Waals surface area contributed by atoms with E-state index in [1.807, 2.05) is 18.4 Å². The highest BCUT2D eigenvalue weighted by atomic mass is 32.2. The van der Waals surface area contributed by atoms with Gasteiger partial charge in [-0.1, -0.05) is 6.42 Å². The molecule has 1 saturated heterocycles. The summed E-state index contributed by atoms with van der Waals surface area (Å²) in [5, 5.41) is 8.30. The average molecular weight is 449 g/mol. The third-order valence-corrected chi connectivity index (χ3v) is 7.62. The van der Waals surface area contributed by atoms with Crippen LogP contribution in [0.5, 0.6) is 0 Å². The van der Waals surface area contributed by atoms with E-state index < -0.39 is 21.8 Å². The number of carbonyl (C=O) groups excluding carboxylic acids is 2. The van der Waals surface area contributed by atoms with Crippen molar-refractivity contribution in [2.45, 2.75) is 31.1 Å². The molecule has 2 amide bonds. The van der Waals surface area contributed by atoms with Crippen LogP contribution in [0.15, 0.2) is 45.7 Å². The summed E-state index contributed by atoms with van der Waals surface area (Å²) in [6.45, 7) is 2.75. The second-order valence-corrected chi connectivity index (χ2v) is 9.82. The van der Waals surface area contributed by atoms with Crippen molar-refractivity contribution in [3.63, 3.8) is 0 Å². The minimum Gasteiger partial charge on any atom is -0.343 e. The predicted octanol–water partition coefficient (Wildman–Crippen LogP) is 2.11. The van der Waals surface area contributed by atoms with E-state index in [0.29, 0.717) is 13.1 Å². The van der Waals surface area contributed by atoms with Crippen LogP contribution in [0.1, 0.15) is 40.1 Å². The number of aryl methyl sites for hydroxylation is 1. The van der Waals surface area contributed by atoms with Crippen molar-refractivity contribution in [2.24, 2.45) is 5.10 Å². The molecule has 160 valence electrons. The SMILES string of the molecule is Cc1ccsc1/C=N\NC(=O)CNC(=O)c1ccc(S(=O)(=O)N2CCCCC2)cc1. The van der Waals surface area contributed by atoms with Crippen LogP contribution < -0.4 is 10.7 Å². The molecule has 0 saturated carbocycles. The second kappa shape index (κ2) is 9.96. The van der Waals surface area contributed by atoms with E-state index >= 15 is 0 Å². The summed E-state index contributed by atoms with van der Waals surface area (Å²) < 4.78 is 26.8. The first-order valence-electron chi connectivity index (χ1n) is 9.62. The molecule has 30 heavy (non-hydrogen) atoms. The third-order valence-electron chi connectivity index (χ3n) is 4.75. The Hall–Kier alpha value is -2.56. The molecule has 1 aliphatic rings. The predicted molar refractivity (Wildman–Crippen MR) is 116 cm³/mol. The van der Waals surface area contributed by atoms with Gasteiger partial charge in [-0.2, -0.15) is 9.41 Å². The van der Waals surface area contributed by atoms with Gasteiger partial charge >= 0.3 is 0 Å². The molecule has 0 aliphatic carbocycles. The van der Waals surface area contributed by atoms with Gasteiger partial charge in [-0.3, -0.25) is 9.59 Å². The number of nitrogens with one attached hydrogen (secondary N) is 2. The van der Waals surface area contributed by atoms with Crippen LogP contribution in [0.4, 0.5) is 0 Å². The van der Waals surface area contributed by atoms with Crippen LogP contribution in [0.3, 0.4) is 0 Å². The lowest BCUT2D eigenvalue weighted by Crippen LogP contribution is -2.36. The summed E-state index contributed by atoms with van der Waals surface area (Å²) >= 11 is 1.51. The highest BCUT2D eigenvalue weighted by Crippen LogP contribution is 2.20. The fourth-order valence-electron chi connectivity index (χ4n) is 3.01. The highest BCUT2D eigenvalue weighted by Gasteiger charge is 2.25. The molecule has 1 aromatic carbocycles. The van der Waals surface area contributed by atoms with E-state index in [4.69, 9.17) is 0 Å². The molecule has 1 fully saturated rings. The van der Waals surface area contributed by atoms with Gasteiger partial charge < -0.3 is 5.32 Å². The molecule has 2 N–H and O–H groups in total. The molecule has 0 atom stereocenters. The minimum atomic E-state index is -3.54. The number of rotatable bonds is 7. The van der Waals surface area contributed by atoms with Crippen LogP contribution >= 0.6 is 11.3 Å². The molecule has 2 aromatic rings. The average Bonchev–Trinajstić information content (AvgIpc) is 3.17. The number of sulfonamides is 1. The quantitative estimate of drug-likeness (QED) is 0.500. The first kappa shape index (κ1) is 22.1. The summed E-state index contributed by atoms with van der Waals surface area (Å²) in [7, 11) is -3.54. The second-order valence-electron chi connectivity index (χ2n) is 6.93. The van der Waals surface area contributed by atoms with E-state index in [1.54, 1.807) is 6.21 Å². The Morgan fingerprint density at radius 1 is 1.13 bits per heavy atom. The topological polar surface area (TPSA) is 108 Å². The Bertz CT molecular complexity index is 1020. The van der Waals surface area contributed by atoms with Crippen LogP contribution in [0.2, 0.25) is 0 Å². The maximum Gasteiger partial charge on any atom is 0.259 e. The van der Waals surface area contributed by atoms with Crippen molar-refractivity contribution in [3.8, 4) is 0 Å². The number of hydrogen-bond donors (Lipinski definition) is 2. The zero-order valence-electron chi connectivity index (χ0n) is 16.6. The molecule has 3 rings (SSSR count). The van der Waals surface area contributed by atoms with Crippen LogP contribution in [-0.4, -0.2) is 50.4 Å². The molecule has 1 aromatic heterocycles. The van der Waals surface area contributed by atoms with Gasteiger partial charge in [0, 0.05) is 23.5 Å². The van der Waals surface area contributed by atoms with Crippen molar-refractivity contribution in [2.75, 3.05) is 19.6 Å². The lowest BCUT2D eigenvalue weighted by molar-refractivity contribution is -0.120. The van der Waals surface area contributed by atoms with Gasteiger partial charge in [0.25, 0.3) is 11.8 Å². The van der Waals surface area contributed by atoms with Gasteiger partial charge in [-0.25, -0.2) is 13.8 Å². The summed E-state index contributed by atoms with van der Waals surface area (Å²) in [6, 6.07) is 7.69. The fraction of sp³-hybridized carbons (Fsp3) is 0.350. The number of piperidine rings is 1. The maximum absolute atomic E-state index is 12.6. The molecular weight excluding hydrogens is 424 g/mol. The molecule has 1 aliphatic heterocycles. The third kappa shape index (κ3) is 5.53.